The smallest absolute Gasteiger partial charge is 0.478 e. The number of alkyl halides is 3. The molecule has 0 aliphatic heterocycles. The molecule has 0 aliphatic carbocycles. The number of carbonyl (C=O) groups is 1. The molecule has 0 aromatic heterocycles. The molecule has 0 radical (unpaired) electrons. The number of halogens is 3. The molecule has 0 bridgehead atoms. The molecule has 3 rings (SSSR count). The van der Waals surface area contributed by atoms with Gasteiger partial charge in [0.05, 0.1) is 0 Å². The molecule has 8 heteroatoms. The molecule has 0 spiro atoms. The standard InChI is InChI=1S/C26H23F3O5/c1-25(2,3)18-6-9-20(10-7-18)33-23-16-22(8-4-17(23)5-15-24(30)31)32-19-11-13-21(14-12-19)34-26(27,28)29/h4-16H,1-3H3,(H,30,31)/b15-5+. The fraction of sp³-hybridized carbons (Fsp3) is 0.192. The molecule has 3 aromatic carbocycles. The highest BCUT2D eigenvalue weighted by molar-refractivity contribution is 5.86. The lowest BCUT2D eigenvalue weighted by atomic mass is 9.87. The number of benzene rings is 3. The Morgan fingerprint density at radius 1 is 0.794 bits per heavy atom. The molecule has 0 amide bonds. The molecule has 0 aliphatic rings. The average molecular weight is 472 g/mol. The lowest BCUT2D eigenvalue weighted by Gasteiger charge is -2.19. The third kappa shape index (κ3) is 7.30. The Kier molecular flexibility index (Phi) is 7.20. The summed E-state index contributed by atoms with van der Waals surface area (Å²) >= 11 is 0. The van der Waals surface area contributed by atoms with E-state index in [4.69, 9.17) is 14.6 Å². The summed E-state index contributed by atoms with van der Waals surface area (Å²) in [6.45, 7) is 6.29. The van der Waals surface area contributed by atoms with Gasteiger partial charge >= 0.3 is 12.3 Å². The fourth-order valence-corrected chi connectivity index (χ4v) is 2.96. The van der Waals surface area contributed by atoms with E-state index in [1.54, 1.807) is 18.2 Å². The molecule has 0 saturated heterocycles. The topological polar surface area (TPSA) is 65.0 Å². The first-order valence-electron chi connectivity index (χ1n) is 10.3. The third-order valence-electron chi connectivity index (χ3n) is 4.63. The van der Waals surface area contributed by atoms with Crippen molar-refractivity contribution < 1.29 is 37.3 Å². The summed E-state index contributed by atoms with van der Waals surface area (Å²) in [5, 5.41) is 8.97. The highest BCUT2D eigenvalue weighted by atomic mass is 19.4. The Morgan fingerprint density at radius 3 is 1.88 bits per heavy atom. The molecule has 0 fully saturated rings. The van der Waals surface area contributed by atoms with E-state index in [1.807, 2.05) is 24.3 Å². The third-order valence-corrected chi connectivity index (χ3v) is 4.63. The average Bonchev–Trinajstić information content (AvgIpc) is 2.73. The second kappa shape index (κ2) is 9.91. The lowest BCUT2D eigenvalue weighted by molar-refractivity contribution is -0.274. The second-order valence-electron chi connectivity index (χ2n) is 8.37. The summed E-state index contributed by atoms with van der Waals surface area (Å²) in [5.41, 5.74) is 1.60. The van der Waals surface area contributed by atoms with Crippen molar-refractivity contribution in [3.05, 3.63) is 83.9 Å². The van der Waals surface area contributed by atoms with E-state index in [9.17, 15) is 18.0 Å². The van der Waals surface area contributed by atoms with Crippen molar-refractivity contribution in [2.75, 3.05) is 0 Å². The number of carboxylic acid groups (broad SMARTS) is 1. The van der Waals surface area contributed by atoms with Gasteiger partial charge in [-0.25, -0.2) is 4.79 Å². The maximum Gasteiger partial charge on any atom is 0.573 e. The Labute approximate surface area is 195 Å². The summed E-state index contributed by atoms with van der Waals surface area (Å²) in [5.74, 6) is 0.0418. The zero-order chi connectivity index (χ0) is 24.9. The Morgan fingerprint density at radius 2 is 1.32 bits per heavy atom. The Bertz CT molecular complexity index is 1160. The molecule has 0 atom stereocenters. The Hall–Kier alpha value is -3.94. The monoisotopic (exact) mass is 472 g/mol. The van der Waals surface area contributed by atoms with Crippen LogP contribution in [0.15, 0.2) is 72.8 Å². The first kappa shape index (κ1) is 24.7. The predicted molar refractivity (Wildman–Crippen MR) is 122 cm³/mol. The van der Waals surface area contributed by atoms with Crippen molar-refractivity contribution in [2.45, 2.75) is 32.5 Å². The van der Waals surface area contributed by atoms with E-state index in [1.165, 1.54) is 18.2 Å². The molecular formula is C26H23F3O5. The van der Waals surface area contributed by atoms with Gasteiger partial charge in [-0.2, -0.15) is 0 Å². The molecule has 0 unspecified atom stereocenters. The minimum atomic E-state index is -4.78. The van der Waals surface area contributed by atoms with Crippen LogP contribution in [0.5, 0.6) is 28.7 Å². The van der Waals surface area contributed by atoms with Crippen molar-refractivity contribution in [3.8, 4) is 28.7 Å². The summed E-state index contributed by atoms with van der Waals surface area (Å²) in [7, 11) is 0. The van der Waals surface area contributed by atoms with Gasteiger partial charge in [-0.05, 0) is 65.6 Å². The molecule has 0 saturated carbocycles. The summed E-state index contributed by atoms with van der Waals surface area (Å²) in [6, 6.07) is 17.3. The lowest BCUT2D eigenvalue weighted by Crippen LogP contribution is -2.16. The number of aliphatic carboxylic acids is 1. The van der Waals surface area contributed by atoms with Gasteiger partial charge in [0, 0.05) is 17.7 Å². The van der Waals surface area contributed by atoms with Gasteiger partial charge in [0.15, 0.2) is 0 Å². The van der Waals surface area contributed by atoms with Gasteiger partial charge in [-0.1, -0.05) is 32.9 Å². The predicted octanol–water partition coefficient (Wildman–Crippen LogP) is 7.57. The Balaban J connectivity index is 1.84. The van der Waals surface area contributed by atoms with Crippen molar-refractivity contribution >= 4 is 12.0 Å². The van der Waals surface area contributed by atoms with E-state index in [0.717, 1.165) is 23.8 Å². The highest BCUT2D eigenvalue weighted by Crippen LogP contribution is 2.34. The zero-order valence-corrected chi connectivity index (χ0v) is 18.7. The normalized spacial score (nSPS) is 11.9. The van der Waals surface area contributed by atoms with Gasteiger partial charge in [0.25, 0.3) is 0 Å². The quantitative estimate of drug-likeness (QED) is 0.359. The zero-order valence-electron chi connectivity index (χ0n) is 18.7. The molecule has 5 nitrogen and oxygen atoms in total. The summed E-state index contributed by atoms with van der Waals surface area (Å²) < 4.78 is 52.6. The van der Waals surface area contributed by atoms with Crippen molar-refractivity contribution in [3.63, 3.8) is 0 Å². The number of carboxylic acids is 1. The largest absolute Gasteiger partial charge is 0.573 e. The fourth-order valence-electron chi connectivity index (χ4n) is 2.96. The number of rotatable bonds is 7. The summed E-state index contributed by atoms with van der Waals surface area (Å²) in [6.07, 6.45) is -2.39. The second-order valence-corrected chi connectivity index (χ2v) is 8.37. The van der Waals surface area contributed by atoms with Crippen LogP contribution in [0.1, 0.15) is 31.9 Å². The van der Waals surface area contributed by atoms with E-state index in [0.29, 0.717) is 22.8 Å². The van der Waals surface area contributed by atoms with Crippen LogP contribution < -0.4 is 14.2 Å². The number of ether oxygens (including phenoxy) is 3. The van der Waals surface area contributed by atoms with Crippen LogP contribution in [0.3, 0.4) is 0 Å². The molecule has 3 aromatic rings. The first-order valence-corrected chi connectivity index (χ1v) is 10.3. The minimum Gasteiger partial charge on any atom is -0.478 e. The molecule has 0 heterocycles. The SMILES string of the molecule is CC(C)(C)c1ccc(Oc2cc(Oc3ccc(OC(F)(F)F)cc3)ccc2/C=C/C(=O)O)cc1. The van der Waals surface area contributed by atoms with Crippen LogP contribution in [0, 0.1) is 0 Å². The van der Waals surface area contributed by atoms with Gasteiger partial charge < -0.3 is 19.3 Å². The highest BCUT2D eigenvalue weighted by Gasteiger charge is 2.31. The van der Waals surface area contributed by atoms with Gasteiger partial charge in [0.2, 0.25) is 0 Å². The van der Waals surface area contributed by atoms with E-state index in [2.05, 4.69) is 25.5 Å². The van der Waals surface area contributed by atoms with Crippen molar-refractivity contribution in [2.24, 2.45) is 0 Å². The maximum absolute atomic E-state index is 12.3. The first-order chi connectivity index (χ1) is 15.9. The van der Waals surface area contributed by atoms with Crippen LogP contribution in [-0.2, 0) is 10.2 Å². The van der Waals surface area contributed by atoms with Gasteiger partial charge in [-0.3, -0.25) is 0 Å². The van der Waals surface area contributed by atoms with E-state index in [-0.39, 0.29) is 16.9 Å². The summed E-state index contributed by atoms with van der Waals surface area (Å²) in [4.78, 5) is 11.0. The van der Waals surface area contributed by atoms with E-state index >= 15 is 0 Å². The van der Waals surface area contributed by atoms with Crippen LogP contribution in [0.4, 0.5) is 13.2 Å². The van der Waals surface area contributed by atoms with Gasteiger partial charge in [-0.15, -0.1) is 13.2 Å². The molecular weight excluding hydrogens is 449 g/mol. The van der Waals surface area contributed by atoms with Crippen LogP contribution >= 0.6 is 0 Å². The van der Waals surface area contributed by atoms with Crippen LogP contribution in [0.2, 0.25) is 0 Å². The number of hydrogen-bond acceptors (Lipinski definition) is 4. The van der Waals surface area contributed by atoms with E-state index < -0.39 is 12.3 Å². The molecule has 1 N–H and O–H groups in total. The molecule has 34 heavy (non-hydrogen) atoms. The number of hydrogen-bond donors (Lipinski definition) is 1. The van der Waals surface area contributed by atoms with Crippen molar-refractivity contribution in [1.82, 2.24) is 0 Å². The minimum absolute atomic E-state index is 0.0254. The van der Waals surface area contributed by atoms with Crippen LogP contribution in [0.25, 0.3) is 6.08 Å². The van der Waals surface area contributed by atoms with Crippen molar-refractivity contribution in [1.29, 1.82) is 0 Å². The van der Waals surface area contributed by atoms with Gasteiger partial charge in [0.1, 0.15) is 28.7 Å². The maximum atomic E-state index is 12.3. The van der Waals surface area contributed by atoms with Crippen LogP contribution in [-0.4, -0.2) is 17.4 Å². The molecule has 178 valence electrons.